The van der Waals surface area contributed by atoms with Gasteiger partial charge in [0.15, 0.2) is 5.82 Å². The third kappa shape index (κ3) is 4.76. The molecule has 0 aliphatic heterocycles. The number of hydrogen-bond acceptors (Lipinski definition) is 7. The van der Waals surface area contributed by atoms with Crippen LogP contribution in [0.5, 0.6) is 0 Å². The topological polar surface area (TPSA) is 142 Å². The molecule has 0 aliphatic rings. The van der Waals surface area contributed by atoms with E-state index >= 15 is 0 Å². The number of imidazole rings is 1. The van der Waals surface area contributed by atoms with Crippen molar-refractivity contribution in [2.24, 2.45) is 4.99 Å². The van der Waals surface area contributed by atoms with Gasteiger partial charge in [0.25, 0.3) is 0 Å². The van der Waals surface area contributed by atoms with Crippen molar-refractivity contribution in [2.75, 3.05) is 10.5 Å². The van der Waals surface area contributed by atoms with Gasteiger partial charge >= 0.3 is 0 Å². The van der Waals surface area contributed by atoms with Crippen LogP contribution in [0.4, 0.5) is 5.69 Å². The van der Waals surface area contributed by atoms with E-state index in [1.165, 1.54) is 6.20 Å². The van der Waals surface area contributed by atoms with Gasteiger partial charge < -0.3 is 4.98 Å². The molecule has 4 heterocycles. The molecule has 1 aromatic carbocycles. The Morgan fingerprint density at radius 3 is 2.73 bits per heavy atom. The van der Waals surface area contributed by atoms with E-state index in [4.69, 9.17) is 4.98 Å². The van der Waals surface area contributed by atoms with Crippen molar-refractivity contribution in [1.29, 1.82) is 0 Å². The van der Waals surface area contributed by atoms with E-state index in [2.05, 4.69) is 41.4 Å². The van der Waals surface area contributed by atoms with Gasteiger partial charge in [0.1, 0.15) is 11.2 Å². The number of rotatable bonds is 8. The first-order valence-corrected chi connectivity index (χ1v) is 13.2. The highest BCUT2D eigenvalue weighted by Gasteiger charge is 2.17. The van der Waals surface area contributed by atoms with Crippen molar-refractivity contribution in [2.45, 2.75) is 13.8 Å². The Bertz CT molecular complexity index is 1800. The first-order valence-electron chi connectivity index (χ1n) is 11.5. The van der Waals surface area contributed by atoms with E-state index in [0.717, 1.165) is 44.2 Å². The van der Waals surface area contributed by atoms with E-state index in [0.29, 0.717) is 17.2 Å². The van der Waals surface area contributed by atoms with Gasteiger partial charge in [-0.15, -0.1) is 0 Å². The zero-order valence-electron chi connectivity index (χ0n) is 20.2. The van der Waals surface area contributed by atoms with Gasteiger partial charge in [-0.2, -0.15) is 5.10 Å². The number of H-pyrrole nitrogens is 2. The smallest absolute Gasteiger partial charge is 0.232 e. The Labute approximate surface area is 213 Å². The van der Waals surface area contributed by atoms with Crippen LogP contribution in [0.2, 0.25) is 0 Å². The van der Waals surface area contributed by atoms with Crippen LogP contribution in [-0.2, 0) is 10.0 Å². The molecule has 0 unspecified atom stereocenters. The maximum absolute atomic E-state index is 12.0. The second kappa shape index (κ2) is 9.78. The lowest BCUT2D eigenvalue weighted by molar-refractivity contribution is 0.602. The second-order valence-electron chi connectivity index (χ2n) is 8.16. The predicted molar refractivity (Wildman–Crippen MR) is 148 cm³/mol. The van der Waals surface area contributed by atoms with Crippen molar-refractivity contribution in [3.63, 3.8) is 0 Å². The highest BCUT2D eigenvalue weighted by Crippen LogP contribution is 2.32. The third-order valence-electron chi connectivity index (χ3n) is 5.80. The number of nitrogens with one attached hydrogen (secondary N) is 3. The lowest BCUT2D eigenvalue weighted by atomic mass is 10.0. The fourth-order valence-electron chi connectivity index (χ4n) is 3.92. The van der Waals surface area contributed by atoms with Crippen LogP contribution in [0.3, 0.4) is 0 Å². The molecule has 186 valence electrons. The maximum Gasteiger partial charge on any atom is 0.232 e. The summed E-state index contributed by atoms with van der Waals surface area (Å²) in [5, 5.41) is 8.42. The van der Waals surface area contributed by atoms with Gasteiger partial charge in [0.2, 0.25) is 10.0 Å². The monoisotopic (exact) mass is 512 g/mol. The molecule has 0 aliphatic carbocycles. The normalized spacial score (nSPS) is 12.5. The van der Waals surface area contributed by atoms with Gasteiger partial charge in [-0.05, 0) is 37.6 Å². The average Bonchev–Trinajstić information content (AvgIpc) is 3.53. The lowest BCUT2D eigenvalue weighted by Crippen LogP contribution is -2.14. The molecule has 10 nitrogen and oxygen atoms in total. The third-order valence-corrected chi connectivity index (χ3v) is 7.11. The molecule has 5 rings (SSSR count). The van der Waals surface area contributed by atoms with E-state index in [1.807, 2.05) is 25.1 Å². The zero-order valence-corrected chi connectivity index (χ0v) is 21.0. The van der Waals surface area contributed by atoms with Crippen LogP contribution >= 0.6 is 0 Å². The average molecular weight is 513 g/mol. The van der Waals surface area contributed by atoms with E-state index in [1.54, 1.807) is 50.1 Å². The van der Waals surface area contributed by atoms with Gasteiger partial charge in [-0.25, -0.2) is 13.4 Å². The minimum absolute atomic E-state index is 0.0216. The lowest BCUT2D eigenvalue weighted by Gasteiger charge is -2.08. The molecular formula is C26H24N8O2S. The van der Waals surface area contributed by atoms with E-state index in [-0.39, 0.29) is 5.75 Å². The van der Waals surface area contributed by atoms with Crippen molar-refractivity contribution < 1.29 is 8.42 Å². The molecule has 0 radical (unpaired) electrons. The van der Waals surface area contributed by atoms with Crippen LogP contribution in [0.15, 0.2) is 72.9 Å². The minimum atomic E-state index is -3.41. The summed E-state index contributed by atoms with van der Waals surface area (Å²) in [7, 11) is -3.41. The highest BCUT2D eigenvalue weighted by molar-refractivity contribution is 7.92. The van der Waals surface area contributed by atoms with Crippen molar-refractivity contribution in [3.8, 4) is 22.6 Å². The molecule has 0 fully saturated rings. The van der Waals surface area contributed by atoms with Gasteiger partial charge in [-0.1, -0.05) is 18.7 Å². The first-order chi connectivity index (χ1) is 17.9. The van der Waals surface area contributed by atoms with Crippen LogP contribution in [0.25, 0.3) is 50.2 Å². The fourth-order valence-corrected chi connectivity index (χ4v) is 4.54. The molecule has 5 aromatic rings. The fraction of sp³-hybridized carbons (Fsp3) is 0.115. The molecule has 0 spiro atoms. The standard InChI is InChI=1S/C26H24N8O2S/c1-4-16(11-27-5-2)21-14-29-15-23-24(21)31-26(30-23)25-20-10-17(7-8-22(20)32-33-25)18-9-19(13-28-12-18)34-37(35,36)6-3/h4-5,7-15,34H,1,6H2,2-3H3,(H,30,31)(H,32,33)/b16-11+,27-5?. The van der Waals surface area contributed by atoms with Crippen molar-refractivity contribution >= 4 is 49.4 Å². The number of sulfonamides is 1. The number of hydrogen-bond donors (Lipinski definition) is 3. The molecule has 0 amide bonds. The molecule has 4 aromatic heterocycles. The molecule has 11 heteroatoms. The summed E-state index contributed by atoms with van der Waals surface area (Å²) in [4.78, 5) is 20.9. The number of fused-ring (bicyclic) bond motifs is 2. The minimum Gasteiger partial charge on any atom is -0.335 e. The van der Waals surface area contributed by atoms with Gasteiger partial charge in [0, 0.05) is 46.9 Å². The van der Waals surface area contributed by atoms with E-state index < -0.39 is 10.0 Å². The molecular weight excluding hydrogens is 488 g/mol. The summed E-state index contributed by atoms with van der Waals surface area (Å²) >= 11 is 0. The summed E-state index contributed by atoms with van der Waals surface area (Å²) in [5.74, 6) is 0.560. The van der Waals surface area contributed by atoms with Crippen LogP contribution in [0.1, 0.15) is 19.4 Å². The first kappa shape index (κ1) is 24.1. The largest absolute Gasteiger partial charge is 0.335 e. The molecule has 0 atom stereocenters. The number of anilines is 1. The predicted octanol–water partition coefficient (Wildman–Crippen LogP) is 4.94. The molecule has 0 saturated heterocycles. The van der Waals surface area contributed by atoms with Crippen LogP contribution in [-0.4, -0.2) is 50.5 Å². The number of aromatic amines is 2. The molecule has 37 heavy (non-hydrogen) atoms. The summed E-state index contributed by atoms with van der Waals surface area (Å²) in [6, 6.07) is 7.57. The number of benzene rings is 1. The Balaban J connectivity index is 1.58. The highest BCUT2D eigenvalue weighted by atomic mass is 32.2. The number of aromatic nitrogens is 6. The summed E-state index contributed by atoms with van der Waals surface area (Å²) in [5.41, 5.74) is 6.59. The summed E-state index contributed by atoms with van der Waals surface area (Å²) < 4.78 is 26.5. The summed E-state index contributed by atoms with van der Waals surface area (Å²) in [6.45, 7) is 7.32. The Hall–Kier alpha value is -4.64. The molecule has 0 bridgehead atoms. The number of pyridine rings is 2. The van der Waals surface area contributed by atoms with Gasteiger partial charge in [-0.3, -0.25) is 24.8 Å². The number of nitrogens with zero attached hydrogens (tertiary/aromatic N) is 5. The summed E-state index contributed by atoms with van der Waals surface area (Å²) in [6.07, 6.45) is 11.8. The second-order valence-corrected chi connectivity index (χ2v) is 10.2. The molecule has 3 N–H and O–H groups in total. The van der Waals surface area contributed by atoms with Gasteiger partial charge in [0.05, 0.1) is 34.9 Å². The maximum atomic E-state index is 12.0. The Morgan fingerprint density at radius 2 is 1.95 bits per heavy atom. The van der Waals surface area contributed by atoms with Crippen LogP contribution in [0, 0.1) is 0 Å². The zero-order chi connectivity index (χ0) is 26.0. The molecule has 0 saturated carbocycles. The van der Waals surface area contributed by atoms with Crippen LogP contribution < -0.4 is 4.72 Å². The SMILES string of the molecule is C=C/C(=C\N=CC)c1cncc2[nH]c(-c3n[nH]c4ccc(-c5cncc(NS(=O)(=O)CC)c5)cc34)nc12. The van der Waals surface area contributed by atoms with Crippen molar-refractivity contribution in [3.05, 3.63) is 73.5 Å². The Morgan fingerprint density at radius 1 is 1.11 bits per heavy atom. The van der Waals surface area contributed by atoms with Crippen molar-refractivity contribution in [1.82, 2.24) is 30.1 Å². The quantitative estimate of drug-likeness (QED) is 0.199. The van der Waals surface area contributed by atoms with E-state index in [9.17, 15) is 8.42 Å². The Kier molecular flexibility index (Phi) is 6.36. The number of aliphatic imine (C=N–C) groups is 1. The number of allylic oxidation sites excluding steroid dienone is 2.